The third kappa shape index (κ3) is 2.37. The molecule has 0 spiro atoms. The van der Waals surface area contributed by atoms with Crippen molar-refractivity contribution < 1.29 is 13.7 Å². The SMILES string of the molecule is O=c1[nH]c2cc(F)c(F)cc2c(=O)n1-c1ccc([N+](=O)[O-])cc1. The van der Waals surface area contributed by atoms with Gasteiger partial charge in [-0.1, -0.05) is 0 Å². The first-order chi connectivity index (χ1) is 10.9. The zero-order valence-corrected chi connectivity index (χ0v) is 11.2. The predicted octanol–water partition coefficient (Wildman–Crippen LogP) is 1.87. The molecule has 23 heavy (non-hydrogen) atoms. The van der Waals surface area contributed by atoms with E-state index < -0.39 is 27.8 Å². The molecule has 116 valence electrons. The summed E-state index contributed by atoms with van der Waals surface area (Å²) in [5, 5.41) is 10.4. The Balaban J connectivity index is 2.29. The normalized spacial score (nSPS) is 10.9. The van der Waals surface area contributed by atoms with E-state index >= 15 is 0 Å². The zero-order chi connectivity index (χ0) is 16.7. The van der Waals surface area contributed by atoms with Gasteiger partial charge < -0.3 is 4.98 Å². The molecule has 0 fully saturated rings. The van der Waals surface area contributed by atoms with Crippen LogP contribution in [0.3, 0.4) is 0 Å². The maximum absolute atomic E-state index is 13.3. The first-order valence-electron chi connectivity index (χ1n) is 6.27. The Hall–Kier alpha value is -3.36. The monoisotopic (exact) mass is 319 g/mol. The number of aromatic amines is 1. The van der Waals surface area contributed by atoms with Gasteiger partial charge in [-0.3, -0.25) is 14.9 Å². The van der Waals surface area contributed by atoms with E-state index in [1.165, 1.54) is 12.1 Å². The molecule has 1 N–H and O–H groups in total. The maximum Gasteiger partial charge on any atom is 0.333 e. The van der Waals surface area contributed by atoms with Crippen molar-refractivity contribution in [1.29, 1.82) is 0 Å². The smallest absolute Gasteiger partial charge is 0.306 e. The van der Waals surface area contributed by atoms with Crippen LogP contribution in [-0.2, 0) is 0 Å². The molecule has 0 radical (unpaired) electrons. The van der Waals surface area contributed by atoms with Gasteiger partial charge in [0.05, 0.1) is 21.5 Å². The number of fused-ring (bicyclic) bond motifs is 1. The van der Waals surface area contributed by atoms with Crippen LogP contribution in [0.1, 0.15) is 0 Å². The van der Waals surface area contributed by atoms with E-state index in [1.807, 2.05) is 0 Å². The topological polar surface area (TPSA) is 98.0 Å². The lowest BCUT2D eigenvalue weighted by molar-refractivity contribution is -0.384. The van der Waals surface area contributed by atoms with E-state index in [2.05, 4.69) is 4.98 Å². The Bertz CT molecular complexity index is 1050. The van der Waals surface area contributed by atoms with Crippen LogP contribution in [-0.4, -0.2) is 14.5 Å². The summed E-state index contributed by atoms with van der Waals surface area (Å²) in [6.07, 6.45) is 0. The number of nitrogens with zero attached hydrogens (tertiary/aromatic N) is 2. The summed E-state index contributed by atoms with van der Waals surface area (Å²) >= 11 is 0. The van der Waals surface area contributed by atoms with Crippen LogP contribution in [0.15, 0.2) is 46.0 Å². The molecule has 2 aromatic carbocycles. The molecule has 9 heteroatoms. The fourth-order valence-electron chi connectivity index (χ4n) is 2.17. The molecular formula is C14H7F2N3O4. The number of non-ortho nitro benzene ring substituents is 1. The lowest BCUT2D eigenvalue weighted by atomic mass is 10.2. The van der Waals surface area contributed by atoms with Crippen molar-refractivity contribution >= 4 is 16.6 Å². The van der Waals surface area contributed by atoms with Gasteiger partial charge in [-0.2, -0.15) is 0 Å². The minimum absolute atomic E-state index is 0.0634. The third-order valence-electron chi connectivity index (χ3n) is 3.26. The van der Waals surface area contributed by atoms with E-state index in [0.29, 0.717) is 16.7 Å². The van der Waals surface area contributed by atoms with E-state index in [1.54, 1.807) is 0 Å². The maximum atomic E-state index is 13.3. The van der Waals surface area contributed by atoms with Gasteiger partial charge in [-0.05, 0) is 18.2 Å². The number of hydrogen-bond donors (Lipinski definition) is 1. The fourth-order valence-corrected chi connectivity index (χ4v) is 2.17. The number of benzene rings is 2. The lowest BCUT2D eigenvalue weighted by Crippen LogP contribution is -2.33. The molecule has 3 aromatic rings. The number of nitro groups is 1. The van der Waals surface area contributed by atoms with E-state index in [0.717, 1.165) is 12.1 Å². The first-order valence-corrected chi connectivity index (χ1v) is 6.27. The highest BCUT2D eigenvalue weighted by molar-refractivity contribution is 5.77. The van der Waals surface area contributed by atoms with Gasteiger partial charge in [0.25, 0.3) is 11.2 Å². The van der Waals surface area contributed by atoms with Gasteiger partial charge in [0.1, 0.15) is 0 Å². The van der Waals surface area contributed by atoms with Crippen LogP contribution in [0.5, 0.6) is 0 Å². The molecule has 3 rings (SSSR count). The third-order valence-corrected chi connectivity index (χ3v) is 3.26. The van der Waals surface area contributed by atoms with E-state index in [9.17, 15) is 28.5 Å². The minimum atomic E-state index is -1.23. The number of halogens is 2. The molecule has 0 aliphatic rings. The molecular weight excluding hydrogens is 312 g/mol. The highest BCUT2D eigenvalue weighted by atomic mass is 19.2. The molecule has 7 nitrogen and oxygen atoms in total. The molecule has 0 atom stereocenters. The Morgan fingerprint density at radius 2 is 1.65 bits per heavy atom. The predicted molar refractivity (Wildman–Crippen MR) is 76.7 cm³/mol. The first kappa shape index (κ1) is 14.6. The number of nitro benzene ring substituents is 1. The average Bonchev–Trinajstić information content (AvgIpc) is 2.50. The number of nitrogens with one attached hydrogen (secondary N) is 1. The molecule has 0 aliphatic carbocycles. The van der Waals surface area contributed by atoms with Crippen LogP contribution in [0.25, 0.3) is 16.6 Å². The molecule has 0 amide bonds. The Labute approximate surface area is 125 Å². The second kappa shape index (κ2) is 5.13. The van der Waals surface area contributed by atoms with Crippen molar-refractivity contribution in [2.45, 2.75) is 0 Å². The number of hydrogen-bond acceptors (Lipinski definition) is 4. The Kier molecular flexibility index (Phi) is 3.25. The standard InChI is InChI=1S/C14H7F2N3O4/c15-10-5-9-12(6-11(10)16)17-14(21)18(13(9)20)7-1-3-8(4-2-7)19(22)23/h1-6H,(H,17,21). The van der Waals surface area contributed by atoms with Crippen LogP contribution in [0, 0.1) is 21.7 Å². The summed E-state index contributed by atoms with van der Waals surface area (Å²) in [4.78, 5) is 36.6. The van der Waals surface area contributed by atoms with Crippen molar-refractivity contribution in [2.24, 2.45) is 0 Å². The second-order valence-electron chi connectivity index (χ2n) is 4.66. The van der Waals surface area contributed by atoms with Gasteiger partial charge in [0.15, 0.2) is 11.6 Å². The second-order valence-corrected chi connectivity index (χ2v) is 4.66. The van der Waals surface area contributed by atoms with Gasteiger partial charge in [0.2, 0.25) is 0 Å². The average molecular weight is 319 g/mol. The van der Waals surface area contributed by atoms with E-state index in [-0.39, 0.29) is 22.3 Å². The molecule has 0 unspecified atom stereocenters. The zero-order valence-electron chi connectivity index (χ0n) is 11.2. The molecule has 0 saturated heterocycles. The van der Waals surface area contributed by atoms with Crippen molar-refractivity contribution in [3.05, 3.63) is 79.0 Å². The quantitative estimate of drug-likeness (QED) is 0.576. The highest BCUT2D eigenvalue weighted by Crippen LogP contribution is 2.15. The number of rotatable bonds is 2. The number of H-pyrrole nitrogens is 1. The van der Waals surface area contributed by atoms with Gasteiger partial charge in [-0.25, -0.2) is 18.1 Å². The van der Waals surface area contributed by atoms with Crippen LogP contribution >= 0.6 is 0 Å². The Morgan fingerprint density at radius 3 is 2.26 bits per heavy atom. The fraction of sp³-hybridized carbons (Fsp3) is 0. The molecule has 0 bridgehead atoms. The summed E-state index contributed by atoms with van der Waals surface area (Å²) < 4.78 is 27.2. The van der Waals surface area contributed by atoms with Gasteiger partial charge >= 0.3 is 5.69 Å². The van der Waals surface area contributed by atoms with Gasteiger partial charge in [-0.15, -0.1) is 0 Å². The van der Waals surface area contributed by atoms with Crippen LogP contribution in [0.4, 0.5) is 14.5 Å². The van der Waals surface area contributed by atoms with Crippen molar-refractivity contribution in [3.8, 4) is 5.69 Å². The molecule has 1 heterocycles. The van der Waals surface area contributed by atoms with Crippen molar-refractivity contribution in [1.82, 2.24) is 9.55 Å². The van der Waals surface area contributed by atoms with Crippen LogP contribution in [0.2, 0.25) is 0 Å². The lowest BCUT2D eigenvalue weighted by Gasteiger charge is -2.06. The van der Waals surface area contributed by atoms with Crippen LogP contribution < -0.4 is 11.2 Å². The summed E-state index contributed by atoms with van der Waals surface area (Å²) in [5.74, 6) is -2.42. The largest absolute Gasteiger partial charge is 0.333 e. The summed E-state index contributed by atoms with van der Waals surface area (Å²) in [5.41, 5.74) is -2.03. The Morgan fingerprint density at radius 1 is 1.04 bits per heavy atom. The number of aromatic nitrogens is 2. The van der Waals surface area contributed by atoms with Crippen molar-refractivity contribution in [3.63, 3.8) is 0 Å². The summed E-state index contributed by atoms with van der Waals surface area (Å²) in [6.45, 7) is 0. The van der Waals surface area contributed by atoms with Crippen molar-refractivity contribution in [2.75, 3.05) is 0 Å². The molecule has 0 saturated carbocycles. The summed E-state index contributed by atoms with van der Waals surface area (Å²) in [7, 11) is 0. The van der Waals surface area contributed by atoms with Gasteiger partial charge in [0, 0.05) is 18.2 Å². The molecule has 1 aromatic heterocycles. The summed E-state index contributed by atoms with van der Waals surface area (Å²) in [6, 6.07) is 6.06. The minimum Gasteiger partial charge on any atom is -0.306 e. The molecule has 0 aliphatic heterocycles. The highest BCUT2D eigenvalue weighted by Gasteiger charge is 2.14. The van der Waals surface area contributed by atoms with E-state index in [4.69, 9.17) is 0 Å².